The van der Waals surface area contributed by atoms with Gasteiger partial charge in [-0.05, 0) is 49.7 Å². The summed E-state index contributed by atoms with van der Waals surface area (Å²) in [6.45, 7) is 4.13. The van der Waals surface area contributed by atoms with E-state index >= 15 is 0 Å². The zero-order chi connectivity index (χ0) is 12.4. The highest BCUT2D eigenvalue weighted by molar-refractivity contribution is 7.16. The van der Waals surface area contributed by atoms with Crippen molar-refractivity contribution in [2.24, 2.45) is 0 Å². The second-order valence-corrected chi connectivity index (χ2v) is 5.83. The zero-order valence-electron chi connectivity index (χ0n) is 9.83. The topological polar surface area (TPSA) is 38.0 Å². The average Bonchev–Trinajstić information content (AvgIpc) is 2.70. The van der Waals surface area contributed by atoms with E-state index in [1.807, 2.05) is 25.1 Å². The second kappa shape index (κ2) is 4.98. The molecule has 0 saturated heterocycles. The SMILES string of the molecule is Cc1cc(NC(C)c2ccc(Cl)s2)ccc1N. The Labute approximate surface area is 110 Å². The molecule has 1 unspecified atom stereocenters. The molecule has 0 spiro atoms. The summed E-state index contributed by atoms with van der Waals surface area (Å²) in [6, 6.07) is 10.2. The first kappa shape index (κ1) is 12.3. The van der Waals surface area contributed by atoms with Crippen LogP contribution >= 0.6 is 22.9 Å². The first-order valence-corrected chi connectivity index (χ1v) is 6.63. The first-order valence-electron chi connectivity index (χ1n) is 5.44. The van der Waals surface area contributed by atoms with E-state index in [2.05, 4.69) is 24.4 Å². The zero-order valence-corrected chi connectivity index (χ0v) is 11.4. The van der Waals surface area contributed by atoms with E-state index in [0.29, 0.717) is 0 Å². The Morgan fingerprint density at radius 2 is 2.06 bits per heavy atom. The number of nitrogen functional groups attached to an aromatic ring is 1. The minimum atomic E-state index is 0.246. The highest BCUT2D eigenvalue weighted by Gasteiger charge is 2.08. The van der Waals surface area contributed by atoms with Crippen LogP contribution in [0.3, 0.4) is 0 Å². The quantitative estimate of drug-likeness (QED) is 0.805. The predicted octanol–water partition coefficient (Wildman–Crippen LogP) is 4.47. The summed E-state index contributed by atoms with van der Waals surface area (Å²) < 4.78 is 0.821. The van der Waals surface area contributed by atoms with Gasteiger partial charge in [-0.1, -0.05) is 11.6 Å². The van der Waals surface area contributed by atoms with Crippen molar-refractivity contribution >= 4 is 34.3 Å². The van der Waals surface area contributed by atoms with Crippen molar-refractivity contribution in [1.29, 1.82) is 0 Å². The van der Waals surface area contributed by atoms with Crippen LogP contribution in [0.25, 0.3) is 0 Å². The number of aryl methyl sites for hydroxylation is 1. The number of hydrogen-bond donors (Lipinski definition) is 2. The van der Waals surface area contributed by atoms with Crippen molar-refractivity contribution in [1.82, 2.24) is 0 Å². The van der Waals surface area contributed by atoms with Crippen molar-refractivity contribution < 1.29 is 0 Å². The summed E-state index contributed by atoms with van der Waals surface area (Å²) in [7, 11) is 0. The van der Waals surface area contributed by atoms with Crippen molar-refractivity contribution in [3.8, 4) is 0 Å². The van der Waals surface area contributed by atoms with Gasteiger partial charge in [-0.2, -0.15) is 0 Å². The van der Waals surface area contributed by atoms with E-state index in [1.165, 1.54) is 4.88 Å². The first-order chi connectivity index (χ1) is 8.06. The Balaban J connectivity index is 2.12. The van der Waals surface area contributed by atoms with Gasteiger partial charge in [0, 0.05) is 16.3 Å². The van der Waals surface area contributed by atoms with E-state index in [-0.39, 0.29) is 6.04 Å². The van der Waals surface area contributed by atoms with Crippen molar-refractivity contribution in [2.75, 3.05) is 11.1 Å². The minimum Gasteiger partial charge on any atom is -0.399 e. The van der Waals surface area contributed by atoms with Crippen molar-refractivity contribution in [3.05, 3.63) is 45.1 Å². The standard InChI is InChI=1S/C13H15ClN2S/c1-8-7-10(3-4-11(8)15)16-9(2)12-5-6-13(14)17-12/h3-7,9,16H,15H2,1-2H3. The molecule has 0 aliphatic carbocycles. The van der Waals surface area contributed by atoms with Gasteiger partial charge in [0.2, 0.25) is 0 Å². The molecular weight excluding hydrogens is 252 g/mol. The third-order valence-corrected chi connectivity index (χ3v) is 4.09. The molecule has 17 heavy (non-hydrogen) atoms. The van der Waals surface area contributed by atoms with Crippen LogP contribution in [0.2, 0.25) is 4.34 Å². The molecule has 0 fully saturated rings. The number of anilines is 2. The Morgan fingerprint density at radius 1 is 1.29 bits per heavy atom. The summed E-state index contributed by atoms with van der Waals surface area (Å²) in [4.78, 5) is 1.23. The maximum absolute atomic E-state index is 5.93. The highest BCUT2D eigenvalue weighted by Crippen LogP contribution is 2.29. The molecule has 0 saturated carbocycles. The molecule has 0 bridgehead atoms. The van der Waals surface area contributed by atoms with Crippen LogP contribution in [-0.4, -0.2) is 0 Å². The van der Waals surface area contributed by atoms with Gasteiger partial charge in [0.1, 0.15) is 0 Å². The van der Waals surface area contributed by atoms with Crippen molar-refractivity contribution in [2.45, 2.75) is 19.9 Å². The lowest BCUT2D eigenvalue weighted by molar-refractivity contribution is 0.908. The number of thiophene rings is 1. The van der Waals surface area contributed by atoms with Crippen molar-refractivity contribution in [3.63, 3.8) is 0 Å². The van der Waals surface area contributed by atoms with E-state index in [9.17, 15) is 0 Å². The van der Waals surface area contributed by atoms with Gasteiger partial charge in [-0.15, -0.1) is 11.3 Å². The number of rotatable bonds is 3. The van der Waals surface area contributed by atoms with E-state index in [4.69, 9.17) is 17.3 Å². The fourth-order valence-corrected chi connectivity index (χ4v) is 2.71. The molecule has 0 amide bonds. The number of nitrogens with one attached hydrogen (secondary N) is 1. The molecule has 2 rings (SSSR count). The summed E-state index contributed by atoms with van der Waals surface area (Å²) in [6.07, 6.45) is 0. The normalized spacial score (nSPS) is 12.4. The maximum atomic E-state index is 5.93. The molecule has 0 aliphatic heterocycles. The summed E-state index contributed by atoms with van der Waals surface area (Å²) in [5.41, 5.74) is 8.78. The van der Waals surface area contributed by atoms with Gasteiger partial charge in [0.15, 0.2) is 0 Å². The number of hydrogen-bond acceptors (Lipinski definition) is 3. The van der Waals surface area contributed by atoms with Gasteiger partial charge >= 0.3 is 0 Å². The molecule has 90 valence electrons. The average molecular weight is 267 g/mol. The molecule has 1 aromatic carbocycles. The van der Waals surface area contributed by atoms with Crippen LogP contribution in [0, 0.1) is 6.92 Å². The third-order valence-electron chi connectivity index (χ3n) is 2.67. The van der Waals surface area contributed by atoms with E-state index in [0.717, 1.165) is 21.3 Å². The molecule has 2 aromatic rings. The fourth-order valence-electron chi connectivity index (χ4n) is 1.65. The second-order valence-electron chi connectivity index (χ2n) is 4.08. The molecule has 1 aromatic heterocycles. The lowest BCUT2D eigenvalue weighted by atomic mass is 10.1. The third kappa shape index (κ3) is 2.93. The lowest BCUT2D eigenvalue weighted by Gasteiger charge is -2.14. The Bertz CT molecular complexity index is 522. The minimum absolute atomic E-state index is 0.246. The van der Waals surface area contributed by atoms with Gasteiger partial charge in [-0.3, -0.25) is 0 Å². The van der Waals surface area contributed by atoms with Crippen LogP contribution in [0.4, 0.5) is 11.4 Å². The summed E-state index contributed by atoms with van der Waals surface area (Å²) in [5, 5.41) is 3.44. The monoisotopic (exact) mass is 266 g/mol. The van der Waals surface area contributed by atoms with Gasteiger partial charge in [-0.25, -0.2) is 0 Å². The Hall–Kier alpha value is -1.19. The summed E-state index contributed by atoms with van der Waals surface area (Å²) >= 11 is 7.53. The molecule has 4 heteroatoms. The Kier molecular flexibility index (Phi) is 3.60. The molecule has 0 radical (unpaired) electrons. The van der Waals surface area contributed by atoms with E-state index < -0.39 is 0 Å². The predicted molar refractivity (Wildman–Crippen MR) is 77.0 cm³/mol. The Morgan fingerprint density at radius 3 is 2.65 bits per heavy atom. The molecule has 3 N–H and O–H groups in total. The fraction of sp³-hybridized carbons (Fsp3) is 0.231. The van der Waals surface area contributed by atoms with Crippen LogP contribution in [-0.2, 0) is 0 Å². The van der Waals surface area contributed by atoms with Gasteiger partial charge in [0.25, 0.3) is 0 Å². The smallest absolute Gasteiger partial charge is 0.0932 e. The van der Waals surface area contributed by atoms with Gasteiger partial charge < -0.3 is 11.1 Å². The maximum Gasteiger partial charge on any atom is 0.0932 e. The van der Waals surface area contributed by atoms with Crippen LogP contribution in [0.15, 0.2) is 30.3 Å². The number of benzene rings is 1. The lowest BCUT2D eigenvalue weighted by Crippen LogP contribution is -2.05. The van der Waals surface area contributed by atoms with Crippen LogP contribution in [0.1, 0.15) is 23.4 Å². The van der Waals surface area contributed by atoms with Crippen LogP contribution < -0.4 is 11.1 Å². The highest BCUT2D eigenvalue weighted by atomic mass is 35.5. The molecule has 1 atom stereocenters. The molecule has 0 aliphatic rings. The summed E-state index contributed by atoms with van der Waals surface area (Å²) in [5.74, 6) is 0. The number of nitrogens with two attached hydrogens (primary N) is 1. The molecular formula is C13H15ClN2S. The van der Waals surface area contributed by atoms with Crippen LogP contribution in [0.5, 0.6) is 0 Å². The number of halogens is 1. The van der Waals surface area contributed by atoms with Gasteiger partial charge in [0.05, 0.1) is 10.4 Å². The largest absolute Gasteiger partial charge is 0.399 e. The molecule has 1 heterocycles. The van der Waals surface area contributed by atoms with E-state index in [1.54, 1.807) is 11.3 Å². The molecule has 2 nitrogen and oxygen atoms in total.